The second-order valence-electron chi connectivity index (χ2n) is 6.36. The largest absolute Gasteiger partial charge is 0.491 e. The predicted octanol–water partition coefficient (Wildman–Crippen LogP) is 3.48. The highest BCUT2D eigenvalue weighted by Gasteiger charge is 2.25. The maximum Gasteiger partial charge on any atom is 0.228 e. The standard InChI is InChI=1S/C19H19N3O2/c1-12(2)24-14-5-6-16-15(11-14)19(21-16)13-7-8-20-17(10-13)22-9-3-4-18(22)23/h5-8,10-12H,3-4,9H2,1-2H3. The first-order chi connectivity index (χ1) is 11.6. The van der Waals surface area contributed by atoms with Gasteiger partial charge in [-0.3, -0.25) is 9.69 Å². The summed E-state index contributed by atoms with van der Waals surface area (Å²) in [7, 11) is 0. The van der Waals surface area contributed by atoms with E-state index in [-0.39, 0.29) is 12.0 Å². The molecule has 24 heavy (non-hydrogen) atoms. The first-order valence-electron chi connectivity index (χ1n) is 8.28. The van der Waals surface area contributed by atoms with Gasteiger partial charge in [-0.2, -0.15) is 0 Å². The van der Waals surface area contributed by atoms with Gasteiger partial charge in [-0.1, -0.05) is 0 Å². The number of amides is 1. The van der Waals surface area contributed by atoms with E-state index in [1.807, 2.05) is 44.2 Å². The molecule has 0 atom stereocenters. The summed E-state index contributed by atoms with van der Waals surface area (Å²) in [5, 5.41) is 0. The molecule has 5 heteroatoms. The number of hydrogen-bond acceptors (Lipinski definition) is 4. The van der Waals surface area contributed by atoms with E-state index in [4.69, 9.17) is 4.74 Å². The summed E-state index contributed by atoms with van der Waals surface area (Å²) in [5.41, 5.74) is 3.96. The lowest BCUT2D eigenvalue weighted by Gasteiger charge is -2.22. The van der Waals surface area contributed by atoms with E-state index in [1.54, 1.807) is 11.1 Å². The van der Waals surface area contributed by atoms with E-state index < -0.39 is 0 Å². The first kappa shape index (κ1) is 14.9. The Balaban J connectivity index is 1.63. The fourth-order valence-corrected chi connectivity index (χ4v) is 3.10. The second-order valence-corrected chi connectivity index (χ2v) is 6.36. The molecule has 0 saturated carbocycles. The van der Waals surface area contributed by atoms with Crippen LogP contribution in [-0.2, 0) is 4.79 Å². The molecule has 0 radical (unpaired) electrons. The number of benzene rings is 1. The molecular weight excluding hydrogens is 302 g/mol. The number of aliphatic imine (C=N–C) groups is 1. The number of carbonyl (C=O) groups is 1. The Morgan fingerprint density at radius 1 is 1.21 bits per heavy atom. The van der Waals surface area contributed by atoms with Gasteiger partial charge >= 0.3 is 0 Å². The maximum atomic E-state index is 11.9. The number of nitrogens with zero attached hydrogens (tertiary/aromatic N) is 3. The van der Waals surface area contributed by atoms with Crippen LogP contribution in [0.5, 0.6) is 5.75 Å². The normalized spacial score (nSPS) is 16.0. The van der Waals surface area contributed by atoms with E-state index in [1.165, 1.54) is 0 Å². The van der Waals surface area contributed by atoms with Gasteiger partial charge in [-0.25, -0.2) is 9.98 Å². The third-order valence-electron chi connectivity index (χ3n) is 4.20. The van der Waals surface area contributed by atoms with Crippen molar-refractivity contribution < 1.29 is 9.53 Å². The van der Waals surface area contributed by atoms with Crippen LogP contribution in [-0.4, -0.2) is 29.3 Å². The number of ether oxygens (including phenoxy) is 1. The molecule has 3 heterocycles. The zero-order valence-corrected chi connectivity index (χ0v) is 13.8. The Kier molecular flexibility index (Phi) is 3.56. The van der Waals surface area contributed by atoms with E-state index in [0.717, 1.165) is 41.2 Å². The van der Waals surface area contributed by atoms with Gasteiger partial charge in [0.25, 0.3) is 0 Å². The summed E-state index contributed by atoms with van der Waals surface area (Å²) in [5.74, 6) is 1.70. The number of carbonyl (C=O) groups excluding carboxylic acids is 1. The minimum Gasteiger partial charge on any atom is -0.491 e. The molecule has 0 unspecified atom stereocenters. The van der Waals surface area contributed by atoms with Crippen LogP contribution in [0.25, 0.3) is 0 Å². The fraction of sp³-hybridized carbons (Fsp3) is 0.316. The third kappa shape index (κ3) is 2.56. The number of fused-ring (bicyclic) bond motifs is 1. The molecule has 1 aromatic carbocycles. The summed E-state index contributed by atoms with van der Waals surface area (Å²) in [4.78, 5) is 22.6. The van der Waals surface area contributed by atoms with Crippen LogP contribution >= 0.6 is 0 Å². The highest BCUT2D eigenvalue weighted by atomic mass is 16.5. The van der Waals surface area contributed by atoms with Gasteiger partial charge in [-0.15, -0.1) is 0 Å². The number of pyridine rings is 1. The third-order valence-corrected chi connectivity index (χ3v) is 4.20. The molecule has 1 aromatic heterocycles. The minimum absolute atomic E-state index is 0.136. The number of aromatic nitrogens is 1. The Labute approximate surface area is 141 Å². The van der Waals surface area contributed by atoms with Gasteiger partial charge in [0.05, 0.1) is 17.5 Å². The molecule has 4 rings (SSSR count). The number of anilines is 1. The van der Waals surface area contributed by atoms with Crippen molar-refractivity contribution in [2.24, 2.45) is 4.99 Å². The number of hydrogen-bond donors (Lipinski definition) is 0. The SMILES string of the molecule is CC(C)Oc1ccc2c(c1)C(c1ccnc(N3CCCC3=O)c1)=N2. The van der Waals surface area contributed by atoms with Crippen molar-refractivity contribution in [3.05, 3.63) is 47.7 Å². The van der Waals surface area contributed by atoms with Crippen LogP contribution in [0.3, 0.4) is 0 Å². The molecule has 0 N–H and O–H groups in total. The van der Waals surface area contributed by atoms with Crippen molar-refractivity contribution in [3.8, 4) is 5.75 Å². The minimum atomic E-state index is 0.136. The van der Waals surface area contributed by atoms with Crippen molar-refractivity contribution in [1.29, 1.82) is 0 Å². The zero-order valence-electron chi connectivity index (χ0n) is 13.8. The summed E-state index contributed by atoms with van der Waals surface area (Å²) in [6, 6.07) is 9.82. The van der Waals surface area contributed by atoms with Crippen LogP contribution in [0.2, 0.25) is 0 Å². The molecule has 0 spiro atoms. The molecule has 2 aliphatic rings. The van der Waals surface area contributed by atoms with Gasteiger partial charge < -0.3 is 4.74 Å². The van der Waals surface area contributed by atoms with Crippen molar-refractivity contribution in [3.63, 3.8) is 0 Å². The molecule has 1 amide bonds. The van der Waals surface area contributed by atoms with E-state index in [0.29, 0.717) is 12.2 Å². The molecule has 0 aliphatic carbocycles. The van der Waals surface area contributed by atoms with Crippen molar-refractivity contribution >= 4 is 23.1 Å². The topological polar surface area (TPSA) is 54.8 Å². The maximum absolute atomic E-state index is 11.9. The monoisotopic (exact) mass is 321 g/mol. The Hall–Kier alpha value is -2.69. The quantitative estimate of drug-likeness (QED) is 0.739. The summed E-state index contributed by atoms with van der Waals surface area (Å²) >= 11 is 0. The van der Waals surface area contributed by atoms with Gasteiger partial charge in [0.1, 0.15) is 11.6 Å². The predicted molar refractivity (Wildman–Crippen MR) is 93.3 cm³/mol. The molecular formula is C19H19N3O2. The van der Waals surface area contributed by atoms with Crippen LogP contribution in [0.4, 0.5) is 11.5 Å². The average molecular weight is 321 g/mol. The molecule has 1 fully saturated rings. The molecule has 2 aliphatic heterocycles. The van der Waals surface area contributed by atoms with E-state index in [2.05, 4.69) is 9.98 Å². The molecule has 5 nitrogen and oxygen atoms in total. The average Bonchev–Trinajstić information content (AvgIpc) is 2.96. The molecule has 2 aromatic rings. The van der Waals surface area contributed by atoms with Crippen molar-refractivity contribution in [2.45, 2.75) is 32.8 Å². The summed E-state index contributed by atoms with van der Waals surface area (Å²) in [6.07, 6.45) is 3.37. The zero-order chi connectivity index (χ0) is 16.7. The van der Waals surface area contributed by atoms with E-state index in [9.17, 15) is 4.79 Å². The lowest BCUT2D eigenvalue weighted by atomic mass is 9.96. The van der Waals surface area contributed by atoms with Crippen LogP contribution in [0.1, 0.15) is 37.8 Å². The van der Waals surface area contributed by atoms with Crippen molar-refractivity contribution in [1.82, 2.24) is 4.98 Å². The lowest BCUT2D eigenvalue weighted by Crippen LogP contribution is -2.25. The second kappa shape index (κ2) is 5.74. The summed E-state index contributed by atoms with van der Waals surface area (Å²) in [6.45, 7) is 4.76. The van der Waals surface area contributed by atoms with E-state index >= 15 is 0 Å². The Bertz CT molecular complexity index is 842. The summed E-state index contributed by atoms with van der Waals surface area (Å²) < 4.78 is 5.77. The first-order valence-corrected chi connectivity index (χ1v) is 8.28. The smallest absolute Gasteiger partial charge is 0.228 e. The highest BCUT2D eigenvalue weighted by Crippen LogP contribution is 2.36. The van der Waals surface area contributed by atoms with Crippen molar-refractivity contribution in [2.75, 3.05) is 11.4 Å². The lowest BCUT2D eigenvalue weighted by molar-refractivity contribution is -0.117. The highest BCUT2D eigenvalue weighted by molar-refractivity contribution is 6.22. The van der Waals surface area contributed by atoms with Gasteiger partial charge in [0.15, 0.2) is 0 Å². The van der Waals surface area contributed by atoms with Gasteiger partial charge in [-0.05, 0) is 50.6 Å². The Morgan fingerprint density at radius 2 is 2.08 bits per heavy atom. The van der Waals surface area contributed by atoms with Gasteiger partial charge in [0, 0.05) is 30.3 Å². The van der Waals surface area contributed by atoms with Crippen LogP contribution in [0, 0.1) is 0 Å². The van der Waals surface area contributed by atoms with Crippen LogP contribution in [0.15, 0.2) is 41.5 Å². The molecule has 122 valence electrons. The van der Waals surface area contributed by atoms with Crippen LogP contribution < -0.4 is 9.64 Å². The number of rotatable bonds is 4. The Morgan fingerprint density at radius 3 is 2.83 bits per heavy atom. The molecule has 0 bridgehead atoms. The molecule has 1 saturated heterocycles. The van der Waals surface area contributed by atoms with Gasteiger partial charge in [0.2, 0.25) is 5.91 Å². The fourth-order valence-electron chi connectivity index (χ4n) is 3.10.